The largest absolute Gasteiger partial charge is 0.355 e. The van der Waals surface area contributed by atoms with Gasteiger partial charge in [0.2, 0.25) is 5.95 Å². The van der Waals surface area contributed by atoms with E-state index in [0.717, 1.165) is 12.1 Å². The zero-order valence-corrected chi connectivity index (χ0v) is 11.4. The third-order valence-electron chi connectivity index (χ3n) is 3.27. The summed E-state index contributed by atoms with van der Waals surface area (Å²) in [6.07, 6.45) is 2.57. The minimum absolute atomic E-state index is 0.0487. The van der Waals surface area contributed by atoms with E-state index in [-0.39, 0.29) is 5.69 Å². The maximum Gasteiger partial charge on any atom is 0.271 e. The summed E-state index contributed by atoms with van der Waals surface area (Å²) < 4.78 is 1.82. The Morgan fingerprint density at radius 1 is 1.43 bits per heavy atom. The second kappa shape index (κ2) is 5.23. The summed E-state index contributed by atoms with van der Waals surface area (Å²) in [4.78, 5) is 17.7. The molecule has 0 unspecified atom stereocenters. The molecule has 0 aliphatic carbocycles. The first kappa shape index (κ1) is 13.1. The van der Waals surface area contributed by atoms with Crippen molar-refractivity contribution >= 4 is 22.7 Å². The van der Waals surface area contributed by atoms with E-state index < -0.39 is 4.92 Å². The van der Waals surface area contributed by atoms with Crippen LogP contribution in [0, 0.1) is 10.1 Å². The van der Waals surface area contributed by atoms with Gasteiger partial charge in [-0.2, -0.15) is 5.10 Å². The highest BCUT2D eigenvalue weighted by molar-refractivity contribution is 5.79. The fraction of sp³-hybridized carbons (Fsp3) is 0.231. The lowest BCUT2D eigenvalue weighted by molar-refractivity contribution is -0.384. The summed E-state index contributed by atoms with van der Waals surface area (Å²) in [5.74, 6) is 0.604. The molecule has 0 saturated heterocycles. The maximum atomic E-state index is 10.7. The Morgan fingerprint density at radius 2 is 2.29 bits per heavy atom. The minimum Gasteiger partial charge on any atom is -0.355 e. The molecule has 21 heavy (non-hydrogen) atoms. The van der Waals surface area contributed by atoms with Gasteiger partial charge in [-0.25, -0.2) is 4.98 Å². The molecule has 0 fully saturated rings. The van der Waals surface area contributed by atoms with Crippen LogP contribution in [-0.2, 0) is 13.5 Å². The smallest absolute Gasteiger partial charge is 0.271 e. The Morgan fingerprint density at radius 3 is 3.00 bits per heavy atom. The summed E-state index contributed by atoms with van der Waals surface area (Å²) in [6.45, 7) is 0.696. The number of nitrogens with one attached hydrogen (secondary N) is 2. The van der Waals surface area contributed by atoms with E-state index in [1.54, 1.807) is 12.3 Å². The van der Waals surface area contributed by atoms with Crippen molar-refractivity contribution in [2.75, 3.05) is 11.9 Å². The number of non-ortho nitro benzene ring substituents is 1. The second-order valence-corrected chi connectivity index (χ2v) is 4.67. The van der Waals surface area contributed by atoms with Gasteiger partial charge in [0.25, 0.3) is 5.69 Å². The molecular weight excluding hydrogens is 272 g/mol. The zero-order chi connectivity index (χ0) is 14.8. The molecule has 0 aliphatic heterocycles. The summed E-state index contributed by atoms with van der Waals surface area (Å²) in [5, 5.41) is 18.0. The monoisotopic (exact) mass is 286 g/mol. The highest BCUT2D eigenvalue weighted by atomic mass is 16.6. The molecule has 2 aromatic heterocycles. The number of benzene rings is 1. The van der Waals surface area contributed by atoms with Crippen molar-refractivity contribution in [3.63, 3.8) is 0 Å². The summed E-state index contributed by atoms with van der Waals surface area (Å²) in [5.41, 5.74) is 2.51. The number of anilines is 1. The Labute approximate surface area is 120 Å². The predicted molar refractivity (Wildman–Crippen MR) is 78.1 cm³/mol. The van der Waals surface area contributed by atoms with Crippen LogP contribution >= 0.6 is 0 Å². The highest BCUT2D eigenvalue weighted by Crippen LogP contribution is 2.20. The maximum absolute atomic E-state index is 10.7. The van der Waals surface area contributed by atoms with E-state index in [4.69, 9.17) is 0 Å². The van der Waals surface area contributed by atoms with Crippen LogP contribution in [0.4, 0.5) is 11.6 Å². The van der Waals surface area contributed by atoms with Crippen molar-refractivity contribution in [2.45, 2.75) is 6.42 Å². The number of H-pyrrole nitrogens is 1. The number of aromatic nitrogens is 4. The molecular formula is C13H14N6O2. The fourth-order valence-corrected chi connectivity index (χ4v) is 2.15. The van der Waals surface area contributed by atoms with Gasteiger partial charge in [-0.3, -0.25) is 14.8 Å². The lowest BCUT2D eigenvalue weighted by Crippen LogP contribution is -2.09. The summed E-state index contributed by atoms with van der Waals surface area (Å²) >= 11 is 0. The third kappa shape index (κ3) is 2.69. The molecule has 1 aromatic carbocycles. The number of fused-ring (bicyclic) bond motifs is 1. The number of nitro groups is 1. The molecule has 0 amide bonds. The van der Waals surface area contributed by atoms with Crippen LogP contribution in [0.15, 0.2) is 30.5 Å². The van der Waals surface area contributed by atoms with Crippen molar-refractivity contribution < 1.29 is 4.92 Å². The van der Waals surface area contributed by atoms with Crippen molar-refractivity contribution in [1.29, 1.82) is 0 Å². The average molecular weight is 286 g/mol. The van der Waals surface area contributed by atoms with E-state index in [0.29, 0.717) is 23.5 Å². The molecule has 108 valence electrons. The molecule has 8 nitrogen and oxygen atoms in total. The molecule has 3 rings (SSSR count). The van der Waals surface area contributed by atoms with Crippen LogP contribution in [-0.4, -0.2) is 31.2 Å². The number of imidazole rings is 1. The number of nitro benzene ring substituents is 1. The topological polar surface area (TPSA) is 102 Å². The third-order valence-corrected chi connectivity index (χ3v) is 3.27. The van der Waals surface area contributed by atoms with Gasteiger partial charge in [0.15, 0.2) is 0 Å². The molecule has 2 N–H and O–H groups in total. The van der Waals surface area contributed by atoms with Gasteiger partial charge in [-0.15, -0.1) is 0 Å². The second-order valence-electron chi connectivity index (χ2n) is 4.67. The van der Waals surface area contributed by atoms with Crippen LogP contribution < -0.4 is 5.32 Å². The van der Waals surface area contributed by atoms with Crippen LogP contribution in [0.5, 0.6) is 0 Å². The van der Waals surface area contributed by atoms with Crippen LogP contribution in [0.25, 0.3) is 11.0 Å². The first-order chi connectivity index (χ1) is 10.1. The minimum atomic E-state index is -0.421. The molecule has 2 heterocycles. The van der Waals surface area contributed by atoms with E-state index >= 15 is 0 Å². The summed E-state index contributed by atoms with van der Waals surface area (Å²) in [6, 6.07) is 6.52. The van der Waals surface area contributed by atoms with Crippen LogP contribution in [0.2, 0.25) is 0 Å². The molecule has 0 atom stereocenters. The van der Waals surface area contributed by atoms with Gasteiger partial charge in [0.1, 0.15) is 0 Å². The standard InChI is InChI=1S/C13H14N6O2/c1-18-9(5-7-15-18)4-6-14-13-16-11-3-2-10(19(20)21)8-12(11)17-13/h2-3,5,7-8H,4,6H2,1H3,(H2,14,16,17). The molecule has 0 saturated carbocycles. The lowest BCUT2D eigenvalue weighted by Gasteiger charge is -2.03. The van der Waals surface area contributed by atoms with Crippen molar-refractivity contribution in [3.8, 4) is 0 Å². The van der Waals surface area contributed by atoms with Gasteiger partial charge in [0.05, 0.1) is 16.0 Å². The van der Waals surface area contributed by atoms with Gasteiger partial charge in [-0.1, -0.05) is 0 Å². The first-order valence-electron chi connectivity index (χ1n) is 6.48. The number of aryl methyl sites for hydroxylation is 1. The molecule has 0 aliphatic rings. The number of nitrogens with zero attached hydrogens (tertiary/aromatic N) is 4. The Kier molecular flexibility index (Phi) is 3.27. The Bertz CT molecular complexity index is 791. The van der Waals surface area contributed by atoms with Crippen molar-refractivity contribution in [1.82, 2.24) is 19.7 Å². The fourth-order valence-electron chi connectivity index (χ4n) is 2.15. The molecule has 3 aromatic rings. The zero-order valence-electron chi connectivity index (χ0n) is 11.4. The van der Waals surface area contributed by atoms with Gasteiger partial charge in [0, 0.05) is 44.0 Å². The number of rotatable bonds is 5. The Hall–Kier alpha value is -2.90. The lowest BCUT2D eigenvalue weighted by atomic mass is 10.3. The molecule has 0 bridgehead atoms. The summed E-state index contributed by atoms with van der Waals surface area (Å²) in [7, 11) is 1.90. The van der Waals surface area contributed by atoms with Crippen molar-refractivity contribution in [2.24, 2.45) is 7.05 Å². The van der Waals surface area contributed by atoms with E-state index in [1.165, 1.54) is 12.1 Å². The molecule has 8 heteroatoms. The number of aromatic amines is 1. The first-order valence-corrected chi connectivity index (χ1v) is 6.48. The van der Waals surface area contributed by atoms with E-state index in [2.05, 4.69) is 20.4 Å². The number of hydrogen-bond donors (Lipinski definition) is 2. The van der Waals surface area contributed by atoms with Gasteiger partial charge in [-0.05, 0) is 12.1 Å². The number of hydrogen-bond acceptors (Lipinski definition) is 5. The van der Waals surface area contributed by atoms with Crippen LogP contribution in [0.3, 0.4) is 0 Å². The van der Waals surface area contributed by atoms with Crippen molar-refractivity contribution in [3.05, 3.63) is 46.3 Å². The molecule has 0 radical (unpaired) electrons. The quantitative estimate of drug-likeness (QED) is 0.550. The molecule has 0 spiro atoms. The predicted octanol–water partition coefficient (Wildman–Crippen LogP) is 1.86. The van der Waals surface area contributed by atoms with Gasteiger partial charge >= 0.3 is 0 Å². The van der Waals surface area contributed by atoms with E-state index in [1.807, 2.05) is 17.8 Å². The van der Waals surface area contributed by atoms with Gasteiger partial charge < -0.3 is 10.3 Å². The average Bonchev–Trinajstić information content (AvgIpc) is 3.04. The normalized spacial score (nSPS) is 10.9. The Balaban J connectivity index is 1.70. The van der Waals surface area contributed by atoms with E-state index in [9.17, 15) is 10.1 Å². The SMILES string of the molecule is Cn1nccc1CCNc1nc2ccc([N+](=O)[O-])cc2[nH]1. The highest BCUT2D eigenvalue weighted by Gasteiger charge is 2.09. The van der Waals surface area contributed by atoms with Crippen LogP contribution in [0.1, 0.15) is 5.69 Å².